The minimum atomic E-state index is -0.565. The van der Waals surface area contributed by atoms with Crippen molar-refractivity contribution < 1.29 is 19.0 Å². The Kier molecular flexibility index (Phi) is 7.67. The predicted octanol–water partition coefficient (Wildman–Crippen LogP) is 4.17. The number of carbonyl (C=O) groups excluding carboxylic acids is 1. The highest BCUT2D eigenvalue weighted by Gasteiger charge is 2.30. The van der Waals surface area contributed by atoms with E-state index in [-0.39, 0.29) is 5.91 Å². The maximum atomic E-state index is 12.7. The predicted molar refractivity (Wildman–Crippen MR) is 107 cm³/mol. The van der Waals surface area contributed by atoms with Gasteiger partial charge in [-0.25, -0.2) is 0 Å². The minimum absolute atomic E-state index is 0.176. The van der Waals surface area contributed by atoms with Gasteiger partial charge in [-0.15, -0.1) is 0 Å². The zero-order valence-corrected chi connectivity index (χ0v) is 16.6. The van der Waals surface area contributed by atoms with Crippen LogP contribution in [0.25, 0.3) is 0 Å². The Bertz CT molecular complexity index is 726. The summed E-state index contributed by atoms with van der Waals surface area (Å²) in [6, 6.07) is 15.2. The Morgan fingerprint density at radius 2 is 1.63 bits per heavy atom. The zero-order chi connectivity index (χ0) is 19.7. The van der Waals surface area contributed by atoms with Gasteiger partial charge in [-0.1, -0.05) is 37.3 Å². The lowest BCUT2D eigenvalue weighted by molar-refractivity contribution is -0.0164. The van der Waals surface area contributed by atoms with E-state index in [2.05, 4.69) is 5.32 Å². The highest BCUT2D eigenvalue weighted by atomic mass is 16.5. The van der Waals surface area contributed by atoms with Crippen molar-refractivity contribution in [1.82, 2.24) is 5.32 Å². The topological polar surface area (TPSA) is 56.8 Å². The molecule has 0 aliphatic heterocycles. The standard InChI is InChI=1S/C22H29NO4/c1-5-22(25-4,18-11-9-8-10-12-18)16-23-21(24)17-13-14-19(26-6-2)20(15-17)27-7-3/h8-15H,5-7,16H2,1-4H3,(H,23,24). The fourth-order valence-electron chi connectivity index (χ4n) is 3.02. The average molecular weight is 371 g/mol. The molecule has 146 valence electrons. The van der Waals surface area contributed by atoms with Crippen LogP contribution in [-0.4, -0.2) is 32.8 Å². The van der Waals surface area contributed by atoms with Crippen molar-refractivity contribution in [2.75, 3.05) is 26.9 Å². The molecule has 27 heavy (non-hydrogen) atoms. The largest absolute Gasteiger partial charge is 0.490 e. The normalized spacial score (nSPS) is 12.9. The van der Waals surface area contributed by atoms with Gasteiger partial charge in [0.05, 0.1) is 19.8 Å². The molecule has 0 saturated heterocycles. The fourth-order valence-corrected chi connectivity index (χ4v) is 3.02. The van der Waals surface area contributed by atoms with Gasteiger partial charge in [0.15, 0.2) is 11.5 Å². The van der Waals surface area contributed by atoms with Crippen LogP contribution in [0.2, 0.25) is 0 Å². The molecular formula is C22H29NO4. The van der Waals surface area contributed by atoms with Crippen molar-refractivity contribution >= 4 is 5.91 Å². The van der Waals surface area contributed by atoms with Crippen molar-refractivity contribution in [3.63, 3.8) is 0 Å². The Hall–Kier alpha value is -2.53. The molecule has 0 bridgehead atoms. The summed E-state index contributed by atoms with van der Waals surface area (Å²) in [5, 5.41) is 3.00. The number of benzene rings is 2. The minimum Gasteiger partial charge on any atom is -0.490 e. The van der Waals surface area contributed by atoms with Gasteiger partial charge in [-0.05, 0) is 44.0 Å². The molecule has 2 rings (SSSR count). The maximum absolute atomic E-state index is 12.7. The van der Waals surface area contributed by atoms with E-state index >= 15 is 0 Å². The Labute approximate surface area is 161 Å². The van der Waals surface area contributed by atoms with Crippen LogP contribution in [0, 0.1) is 0 Å². The second-order valence-corrected chi connectivity index (χ2v) is 6.13. The number of methoxy groups -OCH3 is 1. The first-order valence-corrected chi connectivity index (χ1v) is 9.38. The van der Waals surface area contributed by atoms with Crippen LogP contribution in [0.5, 0.6) is 11.5 Å². The lowest BCUT2D eigenvalue weighted by atomic mass is 9.90. The van der Waals surface area contributed by atoms with E-state index in [1.807, 2.05) is 51.1 Å². The summed E-state index contributed by atoms with van der Waals surface area (Å²) in [5.41, 5.74) is 0.998. The van der Waals surface area contributed by atoms with E-state index in [4.69, 9.17) is 14.2 Å². The van der Waals surface area contributed by atoms with Crippen LogP contribution in [0.1, 0.15) is 43.1 Å². The van der Waals surface area contributed by atoms with Crippen LogP contribution in [0.4, 0.5) is 0 Å². The second kappa shape index (κ2) is 9.97. The molecule has 0 radical (unpaired) electrons. The third-order valence-electron chi connectivity index (χ3n) is 4.60. The summed E-state index contributed by atoms with van der Waals surface area (Å²) in [7, 11) is 1.67. The van der Waals surface area contributed by atoms with E-state index < -0.39 is 5.60 Å². The molecule has 5 heteroatoms. The summed E-state index contributed by atoms with van der Waals surface area (Å²) in [4.78, 5) is 12.7. The molecule has 0 saturated carbocycles. The van der Waals surface area contributed by atoms with Crippen LogP contribution in [0.15, 0.2) is 48.5 Å². The van der Waals surface area contributed by atoms with Crippen molar-refractivity contribution in [3.05, 3.63) is 59.7 Å². The zero-order valence-electron chi connectivity index (χ0n) is 16.6. The summed E-state index contributed by atoms with van der Waals surface area (Å²) in [5.74, 6) is 1.04. The van der Waals surface area contributed by atoms with E-state index in [0.717, 1.165) is 12.0 Å². The van der Waals surface area contributed by atoms with Crippen molar-refractivity contribution in [2.45, 2.75) is 32.8 Å². The van der Waals surface area contributed by atoms with Gasteiger partial charge in [0.1, 0.15) is 5.60 Å². The van der Waals surface area contributed by atoms with Crippen molar-refractivity contribution in [2.24, 2.45) is 0 Å². The SMILES string of the molecule is CCOc1ccc(C(=O)NCC(CC)(OC)c2ccccc2)cc1OCC. The molecule has 0 heterocycles. The lowest BCUT2D eigenvalue weighted by Crippen LogP contribution is -2.41. The molecule has 0 fully saturated rings. The van der Waals surface area contributed by atoms with E-state index in [9.17, 15) is 4.79 Å². The number of hydrogen-bond acceptors (Lipinski definition) is 4. The number of carbonyl (C=O) groups is 1. The van der Waals surface area contributed by atoms with Gasteiger partial charge in [0.2, 0.25) is 0 Å². The number of ether oxygens (including phenoxy) is 3. The van der Waals surface area contributed by atoms with Gasteiger partial charge >= 0.3 is 0 Å². The van der Waals surface area contributed by atoms with Crippen LogP contribution < -0.4 is 14.8 Å². The van der Waals surface area contributed by atoms with E-state index in [1.165, 1.54) is 0 Å². The third kappa shape index (κ3) is 5.01. The number of hydrogen-bond donors (Lipinski definition) is 1. The average Bonchev–Trinajstić information content (AvgIpc) is 2.71. The fraction of sp³-hybridized carbons (Fsp3) is 0.409. The second-order valence-electron chi connectivity index (χ2n) is 6.13. The van der Waals surface area contributed by atoms with Gasteiger partial charge in [-0.2, -0.15) is 0 Å². The van der Waals surface area contributed by atoms with Crippen LogP contribution >= 0.6 is 0 Å². The molecule has 1 unspecified atom stereocenters. The molecule has 0 spiro atoms. The monoisotopic (exact) mass is 371 g/mol. The quantitative estimate of drug-likeness (QED) is 0.681. The first kappa shape index (κ1) is 20.8. The highest BCUT2D eigenvalue weighted by molar-refractivity contribution is 5.95. The summed E-state index contributed by atoms with van der Waals surface area (Å²) < 4.78 is 17.0. The smallest absolute Gasteiger partial charge is 0.251 e. The molecule has 2 aromatic carbocycles. The number of nitrogens with one attached hydrogen (secondary N) is 1. The molecule has 5 nitrogen and oxygen atoms in total. The maximum Gasteiger partial charge on any atom is 0.251 e. The molecule has 1 N–H and O–H groups in total. The van der Waals surface area contributed by atoms with Gasteiger partial charge in [-0.3, -0.25) is 4.79 Å². The van der Waals surface area contributed by atoms with Crippen LogP contribution in [-0.2, 0) is 10.3 Å². The molecule has 0 aliphatic rings. The summed E-state index contributed by atoms with van der Waals surface area (Å²) in [6.45, 7) is 7.27. The first-order chi connectivity index (χ1) is 13.1. The van der Waals surface area contributed by atoms with Crippen LogP contribution in [0.3, 0.4) is 0 Å². The Balaban J connectivity index is 2.17. The van der Waals surface area contributed by atoms with Gasteiger partial charge in [0.25, 0.3) is 5.91 Å². The summed E-state index contributed by atoms with van der Waals surface area (Å²) >= 11 is 0. The van der Waals surface area contributed by atoms with E-state index in [0.29, 0.717) is 36.8 Å². The van der Waals surface area contributed by atoms with E-state index in [1.54, 1.807) is 25.3 Å². The Morgan fingerprint density at radius 3 is 2.22 bits per heavy atom. The molecule has 0 aliphatic carbocycles. The molecule has 1 amide bonds. The first-order valence-electron chi connectivity index (χ1n) is 9.38. The molecular weight excluding hydrogens is 342 g/mol. The van der Waals surface area contributed by atoms with Gasteiger partial charge in [0, 0.05) is 12.7 Å². The van der Waals surface area contributed by atoms with Gasteiger partial charge < -0.3 is 19.5 Å². The molecule has 2 aromatic rings. The summed E-state index contributed by atoms with van der Waals surface area (Å²) in [6.07, 6.45) is 0.737. The lowest BCUT2D eigenvalue weighted by Gasteiger charge is -2.32. The number of amides is 1. The number of rotatable bonds is 10. The van der Waals surface area contributed by atoms with Crippen molar-refractivity contribution in [3.8, 4) is 11.5 Å². The third-order valence-corrected chi connectivity index (χ3v) is 4.60. The molecule has 1 atom stereocenters. The highest BCUT2D eigenvalue weighted by Crippen LogP contribution is 2.30. The Morgan fingerprint density at radius 1 is 0.963 bits per heavy atom. The van der Waals surface area contributed by atoms with Crippen molar-refractivity contribution in [1.29, 1.82) is 0 Å². The molecule has 0 aromatic heterocycles.